The summed E-state index contributed by atoms with van der Waals surface area (Å²) in [5.41, 5.74) is 3.36. The monoisotopic (exact) mass is 457 g/mol. The van der Waals surface area contributed by atoms with Crippen LogP contribution in [0.3, 0.4) is 0 Å². The number of rotatable bonds is 8. The highest BCUT2D eigenvalue weighted by Crippen LogP contribution is 2.24. The number of benzene rings is 1. The average Bonchev–Trinajstić information content (AvgIpc) is 3.58. The van der Waals surface area contributed by atoms with Gasteiger partial charge in [0.25, 0.3) is 11.8 Å². The van der Waals surface area contributed by atoms with Crippen LogP contribution < -0.4 is 10.6 Å². The lowest BCUT2D eigenvalue weighted by Gasteiger charge is -2.19. The third kappa shape index (κ3) is 4.90. The summed E-state index contributed by atoms with van der Waals surface area (Å²) in [7, 11) is 0. The number of hydrogen-bond acceptors (Lipinski definition) is 5. The molecule has 8 nitrogen and oxygen atoms in total. The van der Waals surface area contributed by atoms with Gasteiger partial charge in [-0.05, 0) is 61.8 Å². The maximum absolute atomic E-state index is 13.4. The molecule has 0 spiro atoms. The van der Waals surface area contributed by atoms with Crippen molar-refractivity contribution in [3.05, 3.63) is 77.2 Å². The first-order chi connectivity index (χ1) is 16.6. The zero-order chi connectivity index (χ0) is 23.5. The maximum Gasteiger partial charge on any atom is 0.287 e. The van der Waals surface area contributed by atoms with Crippen LogP contribution in [-0.2, 0) is 22.4 Å². The van der Waals surface area contributed by atoms with Crippen LogP contribution in [0.15, 0.2) is 54.9 Å². The predicted octanol–water partition coefficient (Wildman–Crippen LogP) is 2.86. The van der Waals surface area contributed by atoms with Crippen molar-refractivity contribution in [3.63, 3.8) is 0 Å². The van der Waals surface area contributed by atoms with Gasteiger partial charge in [-0.25, -0.2) is 9.67 Å². The summed E-state index contributed by atoms with van der Waals surface area (Å²) >= 11 is 0. The second kappa shape index (κ2) is 9.59. The average molecular weight is 458 g/mol. The molecule has 2 aliphatic rings. The lowest BCUT2D eigenvalue weighted by molar-refractivity contribution is -0.138. The third-order valence-corrected chi connectivity index (χ3v) is 6.30. The number of ketones is 1. The van der Waals surface area contributed by atoms with Crippen LogP contribution >= 0.6 is 0 Å². The molecule has 2 aliphatic carbocycles. The highest BCUT2D eigenvalue weighted by molar-refractivity contribution is 6.36. The Balaban J connectivity index is 1.39. The summed E-state index contributed by atoms with van der Waals surface area (Å²) in [5.74, 6) is -1.08. The third-order valence-electron chi connectivity index (χ3n) is 6.30. The fourth-order valence-corrected chi connectivity index (χ4v) is 4.28. The smallest absolute Gasteiger partial charge is 0.287 e. The van der Waals surface area contributed by atoms with Crippen LogP contribution in [-0.4, -0.2) is 38.4 Å². The molecule has 2 amide bonds. The van der Waals surface area contributed by atoms with Crippen LogP contribution in [0, 0.1) is 0 Å². The Morgan fingerprint density at radius 3 is 2.59 bits per heavy atom. The normalized spacial score (nSPS) is 15.8. The van der Waals surface area contributed by atoms with Gasteiger partial charge in [0.1, 0.15) is 0 Å². The van der Waals surface area contributed by atoms with E-state index in [4.69, 9.17) is 0 Å². The number of carbonyl (C=O) groups is 3. The molecule has 1 unspecified atom stereocenters. The summed E-state index contributed by atoms with van der Waals surface area (Å²) in [6.07, 6.45) is 9.41. The minimum absolute atomic E-state index is 0.0964. The number of Topliss-reactive ketones (excluding diaryl/α,β-unsaturated/α-hetero) is 1. The number of nitrogens with zero attached hydrogens (tertiary/aromatic N) is 3. The molecule has 8 heteroatoms. The minimum atomic E-state index is -0.648. The zero-order valence-electron chi connectivity index (χ0n) is 18.9. The summed E-state index contributed by atoms with van der Waals surface area (Å²) in [5, 5.41) is 10.4. The van der Waals surface area contributed by atoms with Gasteiger partial charge < -0.3 is 10.6 Å². The van der Waals surface area contributed by atoms with Crippen molar-refractivity contribution in [3.8, 4) is 5.82 Å². The molecule has 174 valence electrons. The van der Waals surface area contributed by atoms with Crippen LogP contribution in [0.1, 0.15) is 65.3 Å². The van der Waals surface area contributed by atoms with E-state index < -0.39 is 17.7 Å². The van der Waals surface area contributed by atoms with E-state index in [2.05, 4.69) is 20.7 Å². The van der Waals surface area contributed by atoms with Gasteiger partial charge in [-0.15, -0.1) is 0 Å². The standard InChI is InChI=1S/C26H27N5O3/c32-23(26(34)28-19-12-13-19)15-22(17-7-2-1-3-8-17)29-25(33)20-10-6-14-27-24(20)31-16-18-9-4-5-11-21(18)30-31/h1-3,6-8,10,14,16,19,22H,4-5,9,11-13,15H2,(H,28,34)(H,29,33). The van der Waals surface area contributed by atoms with Crippen molar-refractivity contribution in [1.82, 2.24) is 25.4 Å². The first kappa shape index (κ1) is 22.0. The number of fused-ring (bicyclic) bond motifs is 1. The molecule has 0 bridgehead atoms. The first-order valence-electron chi connectivity index (χ1n) is 11.8. The molecule has 0 radical (unpaired) electrons. The van der Waals surface area contributed by atoms with Gasteiger partial charge in [-0.2, -0.15) is 5.10 Å². The Bertz CT molecular complexity index is 1190. The molecule has 1 atom stereocenters. The number of nitrogens with one attached hydrogen (secondary N) is 2. The van der Waals surface area contributed by atoms with E-state index >= 15 is 0 Å². The molecular weight excluding hydrogens is 430 g/mol. The van der Waals surface area contributed by atoms with Gasteiger partial charge in [-0.1, -0.05) is 30.3 Å². The van der Waals surface area contributed by atoms with E-state index in [1.54, 1.807) is 23.0 Å². The SMILES string of the molecule is O=C(CC(NC(=O)c1cccnc1-n1cc2c(n1)CCCC2)c1ccccc1)C(=O)NC1CC1. The largest absolute Gasteiger partial charge is 0.347 e. The second-order valence-corrected chi connectivity index (χ2v) is 8.94. The Hall–Kier alpha value is -3.81. The Kier molecular flexibility index (Phi) is 6.20. The van der Waals surface area contributed by atoms with Crippen LogP contribution in [0.5, 0.6) is 0 Å². The number of amides is 2. The van der Waals surface area contributed by atoms with Gasteiger partial charge in [-0.3, -0.25) is 14.4 Å². The van der Waals surface area contributed by atoms with Crippen molar-refractivity contribution in [1.29, 1.82) is 0 Å². The number of aryl methyl sites for hydroxylation is 2. The molecule has 0 aliphatic heterocycles. The van der Waals surface area contributed by atoms with Gasteiger partial charge >= 0.3 is 0 Å². The van der Waals surface area contributed by atoms with E-state index in [0.29, 0.717) is 11.4 Å². The molecule has 2 N–H and O–H groups in total. The highest BCUT2D eigenvalue weighted by Gasteiger charge is 2.29. The van der Waals surface area contributed by atoms with Crippen LogP contribution in [0.2, 0.25) is 0 Å². The Morgan fingerprint density at radius 1 is 1.03 bits per heavy atom. The number of hydrogen-bond donors (Lipinski definition) is 2. The number of carbonyl (C=O) groups excluding carboxylic acids is 3. The Labute approximate surface area is 197 Å². The summed E-state index contributed by atoms with van der Waals surface area (Å²) in [6, 6.07) is 12.1. The fourth-order valence-electron chi connectivity index (χ4n) is 4.28. The molecule has 5 rings (SSSR count). The van der Waals surface area contributed by atoms with E-state index in [1.807, 2.05) is 36.5 Å². The second-order valence-electron chi connectivity index (χ2n) is 8.94. The van der Waals surface area contributed by atoms with Crippen molar-refractivity contribution in [2.45, 2.75) is 57.0 Å². The molecule has 2 aromatic heterocycles. The van der Waals surface area contributed by atoms with Gasteiger partial charge in [0, 0.05) is 24.9 Å². The van der Waals surface area contributed by atoms with Gasteiger partial charge in [0.2, 0.25) is 5.78 Å². The molecule has 1 saturated carbocycles. The van der Waals surface area contributed by atoms with E-state index in [9.17, 15) is 14.4 Å². The van der Waals surface area contributed by atoms with Crippen molar-refractivity contribution >= 4 is 17.6 Å². The van der Waals surface area contributed by atoms with Crippen LogP contribution in [0.25, 0.3) is 5.82 Å². The van der Waals surface area contributed by atoms with E-state index in [1.165, 1.54) is 5.56 Å². The lowest BCUT2D eigenvalue weighted by Crippen LogP contribution is -2.37. The van der Waals surface area contributed by atoms with Crippen molar-refractivity contribution in [2.75, 3.05) is 0 Å². The number of pyridine rings is 1. The molecular formula is C26H27N5O3. The quantitative estimate of drug-likeness (QED) is 0.506. The van der Waals surface area contributed by atoms with E-state index in [0.717, 1.165) is 49.8 Å². The molecule has 3 aromatic rings. The predicted molar refractivity (Wildman–Crippen MR) is 125 cm³/mol. The first-order valence-corrected chi connectivity index (χ1v) is 11.8. The topological polar surface area (TPSA) is 106 Å². The molecule has 34 heavy (non-hydrogen) atoms. The number of aromatic nitrogens is 3. The minimum Gasteiger partial charge on any atom is -0.347 e. The fraction of sp³-hybridized carbons (Fsp3) is 0.346. The lowest BCUT2D eigenvalue weighted by atomic mass is 9.99. The van der Waals surface area contributed by atoms with Crippen molar-refractivity contribution in [2.24, 2.45) is 0 Å². The molecule has 1 fully saturated rings. The molecule has 2 heterocycles. The zero-order valence-corrected chi connectivity index (χ0v) is 18.9. The van der Waals surface area contributed by atoms with Gasteiger partial charge in [0.15, 0.2) is 5.82 Å². The van der Waals surface area contributed by atoms with Crippen molar-refractivity contribution < 1.29 is 14.4 Å². The Morgan fingerprint density at radius 2 is 1.82 bits per heavy atom. The molecule has 1 aromatic carbocycles. The van der Waals surface area contributed by atoms with Crippen LogP contribution in [0.4, 0.5) is 0 Å². The van der Waals surface area contributed by atoms with Gasteiger partial charge in [0.05, 0.1) is 17.3 Å². The molecule has 0 saturated heterocycles. The summed E-state index contributed by atoms with van der Waals surface area (Å²) < 4.78 is 1.68. The maximum atomic E-state index is 13.4. The summed E-state index contributed by atoms with van der Waals surface area (Å²) in [6.45, 7) is 0. The summed E-state index contributed by atoms with van der Waals surface area (Å²) in [4.78, 5) is 42.7. The highest BCUT2D eigenvalue weighted by atomic mass is 16.2. The van der Waals surface area contributed by atoms with E-state index in [-0.39, 0.29) is 18.4 Å².